The quantitative estimate of drug-likeness (QED) is 0.701. The van der Waals surface area contributed by atoms with Gasteiger partial charge in [-0.3, -0.25) is 4.79 Å². The van der Waals surface area contributed by atoms with Crippen LogP contribution >= 0.6 is 0 Å². The number of furan rings is 1. The molecule has 0 aliphatic carbocycles. The molecule has 0 bridgehead atoms. The molecule has 0 saturated carbocycles. The van der Waals surface area contributed by atoms with Gasteiger partial charge in [0.2, 0.25) is 10.0 Å². The summed E-state index contributed by atoms with van der Waals surface area (Å²) in [5, 5.41) is 2.94. The van der Waals surface area contributed by atoms with Crippen LogP contribution in [0.15, 0.2) is 52.0 Å². The van der Waals surface area contributed by atoms with E-state index in [9.17, 15) is 13.2 Å². The molecule has 1 unspecified atom stereocenters. The van der Waals surface area contributed by atoms with E-state index in [0.717, 1.165) is 12.8 Å². The van der Waals surface area contributed by atoms with Crippen LogP contribution in [0.1, 0.15) is 49.7 Å². The van der Waals surface area contributed by atoms with Crippen LogP contribution in [0.5, 0.6) is 0 Å². The Morgan fingerprint density at radius 1 is 1.08 bits per heavy atom. The highest BCUT2D eigenvalue weighted by Crippen LogP contribution is 2.13. The van der Waals surface area contributed by atoms with Crippen LogP contribution in [0.3, 0.4) is 0 Å². The number of sulfonamides is 1. The molecule has 0 spiro atoms. The van der Waals surface area contributed by atoms with E-state index in [2.05, 4.69) is 23.9 Å². The minimum absolute atomic E-state index is 0.0725. The zero-order valence-electron chi connectivity index (χ0n) is 15.4. The third-order valence-electron chi connectivity index (χ3n) is 4.00. The molecule has 0 aliphatic heterocycles. The monoisotopic (exact) mass is 378 g/mol. The van der Waals surface area contributed by atoms with Gasteiger partial charge in [-0.25, -0.2) is 13.1 Å². The second-order valence-corrected chi connectivity index (χ2v) is 8.54. The van der Waals surface area contributed by atoms with E-state index in [-0.39, 0.29) is 23.4 Å². The SMILES string of the molecule is CC(C)CCC(C)NC(=O)c1ccc(S(=O)(=O)NCc2ccco2)cc1. The Morgan fingerprint density at radius 2 is 1.77 bits per heavy atom. The maximum Gasteiger partial charge on any atom is 0.251 e. The molecule has 7 heteroatoms. The molecule has 1 amide bonds. The van der Waals surface area contributed by atoms with Crippen LogP contribution in [-0.4, -0.2) is 20.4 Å². The lowest BCUT2D eigenvalue weighted by molar-refractivity contribution is 0.0937. The second-order valence-electron chi connectivity index (χ2n) is 6.77. The van der Waals surface area contributed by atoms with Crippen molar-refractivity contribution in [1.29, 1.82) is 0 Å². The van der Waals surface area contributed by atoms with E-state index in [1.165, 1.54) is 30.5 Å². The summed E-state index contributed by atoms with van der Waals surface area (Å²) in [6, 6.07) is 9.35. The van der Waals surface area contributed by atoms with Crippen molar-refractivity contribution in [2.75, 3.05) is 0 Å². The summed E-state index contributed by atoms with van der Waals surface area (Å²) < 4.78 is 32.1. The molecule has 1 aromatic heterocycles. The van der Waals surface area contributed by atoms with Crippen molar-refractivity contribution < 1.29 is 17.6 Å². The van der Waals surface area contributed by atoms with Crippen molar-refractivity contribution in [3.8, 4) is 0 Å². The van der Waals surface area contributed by atoms with Gasteiger partial charge in [0.1, 0.15) is 5.76 Å². The van der Waals surface area contributed by atoms with E-state index in [0.29, 0.717) is 17.2 Å². The summed E-state index contributed by atoms with van der Waals surface area (Å²) in [6.45, 7) is 6.34. The molecule has 26 heavy (non-hydrogen) atoms. The topological polar surface area (TPSA) is 88.4 Å². The number of hydrogen-bond acceptors (Lipinski definition) is 4. The number of benzene rings is 1. The predicted octanol–water partition coefficient (Wildman–Crippen LogP) is 3.31. The van der Waals surface area contributed by atoms with Gasteiger partial charge in [0, 0.05) is 11.6 Å². The average molecular weight is 378 g/mol. The largest absolute Gasteiger partial charge is 0.468 e. The highest BCUT2D eigenvalue weighted by atomic mass is 32.2. The summed E-state index contributed by atoms with van der Waals surface area (Å²) in [7, 11) is -3.66. The first-order valence-electron chi connectivity index (χ1n) is 8.71. The molecule has 0 aliphatic rings. The molecule has 0 radical (unpaired) electrons. The van der Waals surface area contributed by atoms with Crippen LogP contribution in [0.25, 0.3) is 0 Å². The maximum atomic E-state index is 12.3. The van der Waals surface area contributed by atoms with Gasteiger partial charge in [-0.1, -0.05) is 13.8 Å². The van der Waals surface area contributed by atoms with Gasteiger partial charge < -0.3 is 9.73 Å². The number of carbonyl (C=O) groups excluding carboxylic acids is 1. The van der Waals surface area contributed by atoms with Crippen molar-refractivity contribution >= 4 is 15.9 Å². The van der Waals surface area contributed by atoms with Crippen molar-refractivity contribution in [1.82, 2.24) is 10.0 Å². The Morgan fingerprint density at radius 3 is 2.35 bits per heavy atom. The molecule has 142 valence electrons. The smallest absolute Gasteiger partial charge is 0.251 e. The lowest BCUT2D eigenvalue weighted by atomic mass is 10.0. The average Bonchev–Trinajstić information content (AvgIpc) is 3.12. The number of carbonyl (C=O) groups is 1. The Labute approximate surface area is 155 Å². The van der Waals surface area contributed by atoms with E-state index < -0.39 is 10.0 Å². The van der Waals surface area contributed by atoms with Crippen molar-refractivity contribution in [2.45, 2.75) is 51.1 Å². The molecular weight excluding hydrogens is 352 g/mol. The third-order valence-corrected chi connectivity index (χ3v) is 5.41. The Balaban J connectivity index is 1.95. The lowest BCUT2D eigenvalue weighted by Gasteiger charge is -2.15. The van der Waals surface area contributed by atoms with Crippen LogP contribution in [-0.2, 0) is 16.6 Å². The molecule has 0 fully saturated rings. The van der Waals surface area contributed by atoms with Gasteiger partial charge in [0.15, 0.2) is 0 Å². The number of nitrogens with one attached hydrogen (secondary N) is 2. The minimum Gasteiger partial charge on any atom is -0.468 e. The van der Waals surface area contributed by atoms with Gasteiger partial charge in [0.05, 0.1) is 17.7 Å². The number of amides is 1. The molecule has 6 nitrogen and oxygen atoms in total. The summed E-state index contributed by atoms with van der Waals surface area (Å²) in [5.41, 5.74) is 0.436. The fraction of sp³-hybridized carbons (Fsp3) is 0.421. The highest BCUT2D eigenvalue weighted by molar-refractivity contribution is 7.89. The molecule has 1 aromatic carbocycles. The normalized spacial score (nSPS) is 12.9. The molecule has 2 rings (SSSR count). The van der Waals surface area contributed by atoms with Crippen LogP contribution < -0.4 is 10.0 Å². The number of rotatable bonds is 9. The minimum atomic E-state index is -3.66. The zero-order chi connectivity index (χ0) is 19.2. The second kappa shape index (κ2) is 9.00. The predicted molar refractivity (Wildman–Crippen MR) is 100 cm³/mol. The van der Waals surface area contributed by atoms with Crippen molar-refractivity contribution in [3.63, 3.8) is 0 Å². The molecule has 2 aromatic rings. The summed E-state index contributed by atoms with van der Waals surface area (Å²) in [5.74, 6) is 0.918. The van der Waals surface area contributed by atoms with Gasteiger partial charge in [0.25, 0.3) is 5.91 Å². The summed E-state index contributed by atoms with van der Waals surface area (Å²) >= 11 is 0. The van der Waals surface area contributed by atoms with E-state index in [1.807, 2.05) is 6.92 Å². The molecule has 0 saturated heterocycles. The lowest BCUT2D eigenvalue weighted by Crippen LogP contribution is -2.32. The van der Waals surface area contributed by atoms with Crippen LogP contribution in [0, 0.1) is 5.92 Å². The maximum absolute atomic E-state index is 12.3. The van der Waals surface area contributed by atoms with Crippen LogP contribution in [0.2, 0.25) is 0 Å². The van der Waals surface area contributed by atoms with Crippen LogP contribution in [0.4, 0.5) is 0 Å². The first-order chi connectivity index (χ1) is 12.3. The molecule has 2 N–H and O–H groups in total. The molecule has 1 atom stereocenters. The van der Waals surface area contributed by atoms with Crippen molar-refractivity contribution in [3.05, 3.63) is 54.0 Å². The Hall–Kier alpha value is -2.12. The zero-order valence-corrected chi connectivity index (χ0v) is 16.2. The molecule has 1 heterocycles. The van der Waals surface area contributed by atoms with Gasteiger partial charge in [-0.15, -0.1) is 0 Å². The van der Waals surface area contributed by atoms with E-state index in [1.54, 1.807) is 12.1 Å². The first-order valence-corrected chi connectivity index (χ1v) is 10.2. The summed E-state index contributed by atoms with van der Waals surface area (Å²) in [6.07, 6.45) is 3.44. The van der Waals surface area contributed by atoms with E-state index in [4.69, 9.17) is 4.42 Å². The first kappa shape index (κ1) is 20.2. The van der Waals surface area contributed by atoms with Gasteiger partial charge in [-0.2, -0.15) is 0 Å². The standard InChI is InChI=1S/C19H26N2O4S/c1-14(2)6-7-15(3)21-19(22)16-8-10-18(11-9-16)26(23,24)20-13-17-5-4-12-25-17/h4-5,8-12,14-15,20H,6-7,13H2,1-3H3,(H,21,22). The van der Waals surface area contributed by atoms with E-state index >= 15 is 0 Å². The third kappa shape index (κ3) is 6.00. The fourth-order valence-corrected chi connectivity index (χ4v) is 3.40. The van der Waals surface area contributed by atoms with Gasteiger partial charge >= 0.3 is 0 Å². The Bertz CT molecular complexity index is 797. The fourth-order valence-electron chi connectivity index (χ4n) is 2.41. The Kier molecular flexibility index (Phi) is 6.99. The number of hydrogen-bond donors (Lipinski definition) is 2. The molecular formula is C19H26N2O4S. The summed E-state index contributed by atoms with van der Waals surface area (Å²) in [4.78, 5) is 12.4. The highest BCUT2D eigenvalue weighted by Gasteiger charge is 2.16. The van der Waals surface area contributed by atoms with Crippen molar-refractivity contribution in [2.24, 2.45) is 5.92 Å². The van der Waals surface area contributed by atoms with Gasteiger partial charge in [-0.05, 0) is 62.1 Å².